The van der Waals surface area contributed by atoms with Gasteiger partial charge in [0.05, 0.1) is 6.54 Å². The first-order valence-corrected chi connectivity index (χ1v) is 9.47. The van der Waals surface area contributed by atoms with Crippen LogP contribution in [0, 0.1) is 0 Å². The van der Waals surface area contributed by atoms with E-state index in [0.717, 1.165) is 23.3 Å². The van der Waals surface area contributed by atoms with Gasteiger partial charge < -0.3 is 16.0 Å². The van der Waals surface area contributed by atoms with Crippen molar-refractivity contribution in [2.75, 3.05) is 13.1 Å². The second-order valence-electron chi connectivity index (χ2n) is 7.39. The lowest BCUT2D eigenvalue weighted by Gasteiger charge is -2.22. The van der Waals surface area contributed by atoms with E-state index in [1.807, 2.05) is 38.1 Å². The van der Waals surface area contributed by atoms with Gasteiger partial charge in [0.1, 0.15) is 12.1 Å². The van der Waals surface area contributed by atoms with E-state index in [1.54, 1.807) is 6.92 Å². The molecule has 1 aliphatic heterocycles. The molecule has 1 atom stereocenters. The summed E-state index contributed by atoms with van der Waals surface area (Å²) in [5, 5.41) is 7.74. The molecule has 0 aliphatic carbocycles. The Labute approximate surface area is 165 Å². The summed E-state index contributed by atoms with van der Waals surface area (Å²) in [6.45, 7) is 6.67. The van der Waals surface area contributed by atoms with E-state index in [1.165, 1.54) is 0 Å². The summed E-state index contributed by atoms with van der Waals surface area (Å²) in [5.74, 6) is -1.41. The molecule has 5 amide bonds. The Bertz CT molecular complexity index is 760. The van der Waals surface area contributed by atoms with Crippen molar-refractivity contribution < 1.29 is 19.2 Å². The van der Waals surface area contributed by atoms with Gasteiger partial charge in [0.2, 0.25) is 11.8 Å². The normalized spacial score (nSPS) is 19.0. The molecule has 152 valence electrons. The minimum atomic E-state index is -1.23. The molecule has 0 radical (unpaired) electrons. The predicted octanol–water partition coefficient (Wildman–Crippen LogP) is 1.05. The van der Waals surface area contributed by atoms with Gasteiger partial charge in [0.25, 0.3) is 5.91 Å². The van der Waals surface area contributed by atoms with Gasteiger partial charge in [-0.3, -0.25) is 19.3 Å². The Hall–Kier alpha value is -2.90. The van der Waals surface area contributed by atoms with Crippen LogP contribution in [0.1, 0.15) is 45.2 Å². The van der Waals surface area contributed by atoms with E-state index >= 15 is 0 Å². The Morgan fingerprint density at radius 3 is 2.36 bits per heavy atom. The van der Waals surface area contributed by atoms with Gasteiger partial charge in [0.15, 0.2) is 0 Å². The number of benzene rings is 1. The van der Waals surface area contributed by atoms with E-state index in [4.69, 9.17) is 0 Å². The molecule has 0 saturated carbocycles. The Morgan fingerprint density at radius 1 is 1.14 bits per heavy atom. The largest absolute Gasteiger partial charge is 0.352 e. The summed E-state index contributed by atoms with van der Waals surface area (Å²) in [6, 6.07) is 6.84. The molecular weight excluding hydrogens is 360 g/mol. The summed E-state index contributed by atoms with van der Waals surface area (Å²) in [6.07, 6.45) is 1.96. The number of hydrogen-bond acceptors (Lipinski definition) is 4. The first kappa shape index (κ1) is 21.4. The summed E-state index contributed by atoms with van der Waals surface area (Å²) in [4.78, 5) is 49.7. The van der Waals surface area contributed by atoms with Crippen LogP contribution < -0.4 is 16.0 Å². The lowest BCUT2D eigenvalue weighted by atomic mass is 9.91. The minimum Gasteiger partial charge on any atom is -0.352 e. The zero-order chi connectivity index (χ0) is 20.9. The maximum absolute atomic E-state index is 12.9. The molecule has 1 aliphatic rings. The number of urea groups is 1. The average Bonchev–Trinajstić information content (AvgIpc) is 2.84. The molecule has 0 unspecified atom stereocenters. The lowest BCUT2D eigenvalue weighted by Crippen LogP contribution is -2.45. The van der Waals surface area contributed by atoms with Crippen LogP contribution in [0.2, 0.25) is 0 Å². The third-order valence-electron chi connectivity index (χ3n) is 4.54. The highest BCUT2D eigenvalue weighted by molar-refractivity contribution is 6.09. The first-order chi connectivity index (χ1) is 13.2. The van der Waals surface area contributed by atoms with Crippen molar-refractivity contribution in [3.63, 3.8) is 0 Å². The monoisotopic (exact) mass is 388 g/mol. The van der Waals surface area contributed by atoms with Gasteiger partial charge >= 0.3 is 6.03 Å². The summed E-state index contributed by atoms with van der Waals surface area (Å²) in [5.41, 5.74) is 0.587. The van der Waals surface area contributed by atoms with Crippen LogP contribution >= 0.6 is 0 Å². The van der Waals surface area contributed by atoms with E-state index < -0.39 is 29.9 Å². The number of aryl methyl sites for hydroxylation is 1. The summed E-state index contributed by atoms with van der Waals surface area (Å²) >= 11 is 0. The molecule has 1 heterocycles. The average molecular weight is 388 g/mol. The smallest absolute Gasteiger partial charge is 0.325 e. The molecule has 28 heavy (non-hydrogen) atoms. The molecular formula is C20H28N4O4. The molecule has 8 nitrogen and oxygen atoms in total. The van der Waals surface area contributed by atoms with Crippen molar-refractivity contribution in [2.24, 2.45) is 0 Å². The van der Waals surface area contributed by atoms with Crippen molar-refractivity contribution in [1.82, 2.24) is 20.9 Å². The fourth-order valence-corrected chi connectivity index (χ4v) is 3.08. The predicted molar refractivity (Wildman–Crippen MR) is 104 cm³/mol. The van der Waals surface area contributed by atoms with Gasteiger partial charge in [-0.1, -0.05) is 37.6 Å². The number of nitrogens with one attached hydrogen (secondary N) is 3. The molecule has 0 bridgehead atoms. The van der Waals surface area contributed by atoms with Crippen LogP contribution in [0.3, 0.4) is 0 Å². The van der Waals surface area contributed by atoms with Crippen LogP contribution in [0.4, 0.5) is 4.79 Å². The Morgan fingerprint density at radius 2 is 1.79 bits per heavy atom. The molecule has 1 aromatic rings. The number of imide groups is 1. The third-order valence-corrected chi connectivity index (χ3v) is 4.54. The first-order valence-electron chi connectivity index (χ1n) is 9.47. The fraction of sp³-hybridized carbons (Fsp3) is 0.500. The van der Waals surface area contributed by atoms with Gasteiger partial charge in [0, 0.05) is 6.04 Å². The van der Waals surface area contributed by atoms with Gasteiger partial charge in [-0.05, 0) is 38.3 Å². The number of hydrogen-bond donors (Lipinski definition) is 3. The second-order valence-corrected chi connectivity index (χ2v) is 7.39. The molecule has 1 aromatic carbocycles. The Balaban J connectivity index is 2.02. The molecule has 1 fully saturated rings. The van der Waals surface area contributed by atoms with Crippen molar-refractivity contribution in [3.05, 3.63) is 35.4 Å². The molecule has 0 spiro atoms. The maximum Gasteiger partial charge on any atom is 0.325 e. The third kappa shape index (κ3) is 4.88. The van der Waals surface area contributed by atoms with Gasteiger partial charge in [-0.15, -0.1) is 0 Å². The van der Waals surface area contributed by atoms with Crippen LogP contribution in [-0.4, -0.2) is 47.8 Å². The highest BCUT2D eigenvalue weighted by Gasteiger charge is 2.49. The van der Waals surface area contributed by atoms with Crippen LogP contribution in [0.5, 0.6) is 0 Å². The van der Waals surface area contributed by atoms with E-state index in [2.05, 4.69) is 22.9 Å². The van der Waals surface area contributed by atoms with Crippen molar-refractivity contribution in [2.45, 2.75) is 52.1 Å². The molecule has 2 rings (SSSR count). The van der Waals surface area contributed by atoms with E-state index in [9.17, 15) is 19.2 Å². The van der Waals surface area contributed by atoms with Crippen molar-refractivity contribution >= 4 is 23.8 Å². The number of nitrogens with zero attached hydrogens (tertiary/aromatic N) is 1. The number of carbonyl (C=O) groups is 4. The highest BCUT2D eigenvalue weighted by Crippen LogP contribution is 2.29. The van der Waals surface area contributed by atoms with Crippen LogP contribution in [-0.2, 0) is 26.3 Å². The zero-order valence-corrected chi connectivity index (χ0v) is 16.8. The molecule has 8 heteroatoms. The van der Waals surface area contributed by atoms with Crippen molar-refractivity contribution in [3.8, 4) is 0 Å². The molecule has 0 aromatic heterocycles. The number of amides is 5. The Kier molecular flexibility index (Phi) is 6.77. The zero-order valence-electron chi connectivity index (χ0n) is 16.8. The number of carbonyl (C=O) groups excluding carboxylic acids is 4. The second kappa shape index (κ2) is 8.86. The maximum atomic E-state index is 12.9. The van der Waals surface area contributed by atoms with E-state index in [0.29, 0.717) is 5.56 Å². The minimum absolute atomic E-state index is 0.0419. The highest BCUT2D eigenvalue weighted by atomic mass is 16.2. The topological polar surface area (TPSA) is 108 Å². The van der Waals surface area contributed by atoms with Gasteiger partial charge in [-0.25, -0.2) is 4.79 Å². The fourth-order valence-electron chi connectivity index (χ4n) is 3.08. The van der Waals surface area contributed by atoms with Crippen molar-refractivity contribution in [1.29, 1.82) is 0 Å². The quantitative estimate of drug-likeness (QED) is 0.579. The van der Waals surface area contributed by atoms with Crippen LogP contribution in [0.15, 0.2) is 24.3 Å². The number of rotatable bonds is 8. The van der Waals surface area contributed by atoms with Gasteiger partial charge in [-0.2, -0.15) is 0 Å². The summed E-state index contributed by atoms with van der Waals surface area (Å²) in [7, 11) is 0. The van der Waals surface area contributed by atoms with E-state index in [-0.39, 0.29) is 18.5 Å². The lowest BCUT2D eigenvalue weighted by molar-refractivity contribution is -0.135. The standard InChI is InChI=1S/C20H28N4O4/c1-5-6-14-7-9-15(10-8-14)20(4)18(27)24(19(28)23-20)12-17(26)21-11-16(25)22-13(2)3/h7-10,13H,5-6,11-12H2,1-4H3,(H,21,26)(H,22,25)(H,23,28)/t20-/m0/s1. The van der Waals surface area contributed by atoms with Crippen LogP contribution in [0.25, 0.3) is 0 Å². The SMILES string of the molecule is CCCc1ccc([C@]2(C)NC(=O)N(CC(=O)NCC(=O)NC(C)C)C2=O)cc1. The summed E-state index contributed by atoms with van der Waals surface area (Å²) < 4.78 is 0. The molecule has 1 saturated heterocycles. The molecule has 3 N–H and O–H groups in total.